The molecule has 0 radical (unpaired) electrons. The molecule has 0 heterocycles. The van der Waals surface area contributed by atoms with Crippen LogP contribution in [0.5, 0.6) is 0 Å². The first-order valence-corrected chi connectivity index (χ1v) is 12.6. The molecule has 4 aliphatic carbocycles. The van der Waals surface area contributed by atoms with Crippen molar-refractivity contribution in [2.45, 2.75) is 70.2 Å². The van der Waals surface area contributed by atoms with Crippen LogP contribution in [0.4, 0.5) is 0 Å². The van der Waals surface area contributed by atoms with E-state index in [1.54, 1.807) is 24.3 Å². The largest absolute Gasteiger partial charge is 0.349 e. The van der Waals surface area contributed by atoms with Gasteiger partial charge in [-0.1, -0.05) is 13.8 Å². The summed E-state index contributed by atoms with van der Waals surface area (Å²) in [7, 11) is -3.50. The zero-order valence-corrected chi connectivity index (χ0v) is 18.7. The molecule has 5 nitrogen and oxygen atoms in total. The van der Waals surface area contributed by atoms with Crippen molar-refractivity contribution in [3.63, 3.8) is 0 Å². The van der Waals surface area contributed by atoms with Crippen LogP contribution in [0.3, 0.4) is 0 Å². The Hall–Kier alpha value is -1.40. The SMILES string of the molecule is CCN(CC)S(=O)(=O)c1ccc(C(=O)N[C@H](C)C23CC4CC(CC(C4)C2)C3)cc1. The Morgan fingerprint density at radius 2 is 1.52 bits per heavy atom. The van der Waals surface area contributed by atoms with Gasteiger partial charge in [0.05, 0.1) is 4.90 Å². The normalized spacial score (nSPS) is 31.8. The summed E-state index contributed by atoms with van der Waals surface area (Å²) in [4.78, 5) is 13.1. The topological polar surface area (TPSA) is 66.5 Å². The van der Waals surface area contributed by atoms with Crippen LogP contribution in [0.1, 0.15) is 69.7 Å². The lowest BCUT2D eigenvalue weighted by Gasteiger charge is -2.59. The first kappa shape index (κ1) is 20.9. The zero-order chi connectivity index (χ0) is 20.8. The summed E-state index contributed by atoms with van der Waals surface area (Å²) in [6.45, 7) is 6.70. The van der Waals surface area contributed by atoms with Crippen LogP contribution in [0.25, 0.3) is 0 Å². The number of amides is 1. The maximum absolute atomic E-state index is 12.9. The summed E-state index contributed by atoms with van der Waals surface area (Å²) >= 11 is 0. The van der Waals surface area contributed by atoms with Crippen LogP contribution in [-0.4, -0.2) is 37.8 Å². The molecule has 5 rings (SSSR count). The van der Waals surface area contributed by atoms with Gasteiger partial charge in [-0.3, -0.25) is 4.79 Å². The predicted octanol–water partition coefficient (Wildman–Crippen LogP) is 4.05. The van der Waals surface area contributed by atoms with Gasteiger partial charge in [-0.25, -0.2) is 8.42 Å². The molecule has 1 N–H and O–H groups in total. The van der Waals surface area contributed by atoms with E-state index in [4.69, 9.17) is 0 Å². The molecule has 0 spiro atoms. The molecule has 4 fully saturated rings. The third kappa shape index (κ3) is 3.74. The minimum absolute atomic E-state index is 0.0972. The Balaban J connectivity index is 1.45. The van der Waals surface area contributed by atoms with Crippen molar-refractivity contribution in [3.8, 4) is 0 Å². The van der Waals surface area contributed by atoms with Crippen LogP contribution in [-0.2, 0) is 10.0 Å². The van der Waals surface area contributed by atoms with Crippen molar-refractivity contribution in [3.05, 3.63) is 29.8 Å². The molecule has 4 aliphatic rings. The van der Waals surface area contributed by atoms with Crippen molar-refractivity contribution < 1.29 is 13.2 Å². The molecule has 0 aromatic heterocycles. The number of hydrogen-bond acceptors (Lipinski definition) is 3. The molecule has 6 heteroatoms. The van der Waals surface area contributed by atoms with E-state index in [1.807, 2.05) is 13.8 Å². The highest BCUT2D eigenvalue weighted by molar-refractivity contribution is 7.89. The van der Waals surface area contributed by atoms with E-state index in [-0.39, 0.29) is 22.3 Å². The van der Waals surface area contributed by atoms with E-state index >= 15 is 0 Å². The Morgan fingerprint density at radius 3 is 1.97 bits per heavy atom. The fourth-order valence-electron chi connectivity index (χ4n) is 6.63. The number of carbonyl (C=O) groups is 1. The minimum atomic E-state index is -3.50. The van der Waals surface area contributed by atoms with Crippen LogP contribution in [0, 0.1) is 23.2 Å². The number of sulfonamides is 1. The highest BCUT2D eigenvalue weighted by Crippen LogP contribution is 2.61. The quantitative estimate of drug-likeness (QED) is 0.726. The smallest absolute Gasteiger partial charge is 0.251 e. The van der Waals surface area contributed by atoms with E-state index in [0.29, 0.717) is 18.7 Å². The number of hydrogen-bond donors (Lipinski definition) is 1. The summed E-state index contributed by atoms with van der Waals surface area (Å²) in [5, 5.41) is 3.26. The van der Waals surface area contributed by atoms with Crippen molar-refractivity contribution in [2.75, 3.05) is 13.1 Å². The molecule has 1 aromatic carbocycles. The second kappa shape index (κ2) is 7.69. The predicted molar refractivity (Wildman–Crippen MR) is 114 cm³/mol. The molecule has 1 aromatic rings. The maximum Gasteiger partial charge on any atom is 0.251 e. The van der Waals surface area contributed by atoms with Crippen LogP contribution < -0.4 is 5.32 Å². The lowest BCUT2D eigenvalue weighted by Crippen LogP contribution is -2.55. The number of benzene rings is 1. The Bertz CT molecular complexity index is 823. The molecule has 4 bridgehead atoms. The Labute approximate surface area is 175 Å². The molecule has 4 saturated carbocycles. The molecular formula is C23H34N2O3S. The van der Waals surface area contributed by atoms with Gasteiger partial charge in [-0.05, 0) is 92.9 Å². The molecule has 160 valence electrons. The monoisotopic (exact) mass is 418 g/mol. The van der Waals surface area contributed by atoms with E-state index < -0.39 is 10.0 Å². The molecule has 0 aliphatic heterocycles. The van der Waals surface area contributed by atoms with Crippen LogP contribution in [0.15, 0.2) is 29.2 Å². The standard InChI is InChI=1S/C23H34N2O3S/c1-4-25(5-2)29(27,28)21-8-6-20(7-9-21)22(26)24-16(3)23-13-17-10-18(14-23)12-19(11-17)15-23/h6-9,16-19H,4-5,10-15H2,1-3H3,(H,24,26)/t16-,17?,18?,19?,23?/m1/s1. The first-order valence-electron chi connectivity index (χ1n) is 11.2. The molecule has 1 atom stereocenters. The Kier molecular flexibility index (Phi) is 5.53. The van der Waals surface area contributed by atoms with Gasteiger partial charge in [0.2, 0.25) is 10.0 Å². The molecule has 29 heavy (non-hydrogen) atoms. The lowest BCUT2D eigenvalue weighted by atomic mass is 9.48. The van der Waals surface area contributed by atoms with Gasteiger partial charge in [0.1, 0.15) is 0 Å². The van der Waals surface area contributed by atoms with Gasteiger partial charge in [-0.15, -0.1) is 0 Å². The Morgan fingerprint density at radius 1 is 1.03 bits per heavy atom. The number of carbonyl (C=O) groups excluding carboxylic acids is 1. The van der Waals surface area contributed by atoms with Gasteiger partial charge >= 0.3 is 0 Å². The van der Waals surface area contributed by atoms with Gasteiger partial charge in [-0.2, -0.15) is 4.31 Å². The molecular weight excluding hydrogens is 384 g/mol. The summed E-state index contributed by atoms with van der Waals surface area (Å²) in [6, 6.07) is 6.54. The lowest BCUT2D eigenvalue weighted by molar-refractivity contribution is -0.0688. The fraction of sp³-hybridized carbons (Fsp3) is 0.696. The van der Waals surface area contributed by atoms with Crippen LogP contribution >= 0.6 is 0 Å². The summed E-state index contributed by atoms with van der Waals surface area (Å²) < 4.78 is 26.7. The fourth-order valence-corrected chi connectivity index (χ4v) is 8.09. The van der Waals surface area contributed by atoms with E-state index in [2.05, 4.69) is 12.2 Å². The van der Waals surface area contributed by atoms with E-state index in [0.717, 1.165) is 17.8 Å². The second-order valence-corrected chi connectivity index (χ2v) is 11.5. The van der Waals surface area contributed by atoms with Crippen molar-refractivity contribution in [2.24, 2.45) is 23.2 Å². The minimum Gasteiger partial charge on any atom is -0.349 e. The van der Waals surface area contributed by atoms with E-state index in [1.165, 1.54) is 42.8 Å². The third-order valence-electron chi connectivity index (χ3n) is 7.81. The highest BCUT2D eigenvalue weighted by atomic mass is 32.2. The summed E-state index contributed by atoms with van der Waals surface area (Å²) in [5.74, 6) is 2.46. The number of rotatable bonds is 7. The summed E-state index contributed by atoms with van der Waals surface area (Å²) in [5.41, 5.74) is 0.788. The van der Waals surface area contributed by atoms with E-state index in [9.17, 15) is 13.2 Å². The van der Waals surface area contributed by atoms with Crippen molar-refractivity contribution in [1.29, 1.82) is 0 Å². The van der Waals surface area contributed by atoms with Gasteiger partial charge < -0.3 is 5.32 Å². The zero-order valence-electron chi connectivity index (χ0n) is 17.9. The van der Waals surface area contributed by atoms with Crippen molar-refractivity contribution in [1.82, 2.24) is 9.62 Å². The summed E-state index contributed by atoms with van der Waals surface area (Å²) in [6.07, 6.45) is 7.93. The van der Waals surface area contributed by atoms with Crippen molar-refractivity contribution >= 4 is 15.9 Å². The molecule has 0 unspecified atom stereocenters. The average Bonchev–Trinajstić information content (AvgIpc) is 2.67. The number of nitrogens with one attached hydrogen (secondary N) is 1. The van der Waals surface area contributed by atoms with Gasteiger partial charge in [0.25, 0.3) is 5.91 Å². The van der Waals surface area contributed by atoms with Gasteiger partial charge in [0.15, 0.2) is 0 Å². The van der Waals surface area contributed by atoms with Gasteiger partial charge in [0, 0.05) is 24.7 Å². The average molecular weight is 419 g/mol. The molecule has 0 saturated heterocycles. The van der Waals surface area contributed by atoms with Crippen LogP contribution in [0.2, 0.25) is 0 Å². The highest BCUT2D eigenvalue weighted by Gasteiger charge is 2.53. The maximum atomic E-state index is 12.9. The number of nitrogens with zero attached hydrogens (tertiary/aromatic N) is 1. The second-order valence-electron chi connectivity index (χ2n) is 9.59. The third-order valence-corrected chi connectivity index (χ3v) is 9.88. The molecule has 1 amide bonds. The first-order chi connectivity index (χ1) is 13.8.